The first-order valence-corrected chi connectivity index (χ1v) is 10.6. The second-order valence-electron chi connectivity index (χ2n) is 9.79. The molecule has 2 unspecified atom stereocenters. The van der Waals surface area contributed by atoms with Crippen LogP contribution in [0.2, 0.25) is 0 Å². The Balaban J connectivity index is 1.58. The zero-order valence-corrected chi connectivity index (χ0v) is 16.3. The summed E-state index contributed by atoms with van der Waals surface area (Å²) < 4.78 is 12.2. The smallest absolute Gasteiger partial charge is 0.174 e. The lowest BCUT2D eigenvalue weighted by Crippen LogP contribution is -2.57. The van der Waals surface area contributed by atoms with Gasteiger partial charge in [-0.15, -0.1) is 0 Å². The molecule has 1 heterocycles. The van der Waals surface area contributed by atoms with E-state index in [1.54, 1.807) is 0 Å². The first-order valence-electron chi connectivity index (χ1n) is 10.6. The van der Waals surface area contributed by atoms with Crippen molar-refractivity contribution in [3.8, 4) is 0 Å². The second-order valence-corrected chi connectivity index (χ2v) is 9.79. The lowest BCUT2D eigenvalue weighted by Gasteiger charge is -2.56. The van der Waals surface area contributed by atoms with Gasteiger partial charge in [0.25, 0.3) is 0 Å². The highest BCUT2D eigenvalue weighted by molar-refractivity contribution is 5.11. The van der Waals surface area contributed by atoms with E-state index in [1.165, 1.54) is 0 Å². The fourth-order valence-corrected chi connectivity index (χ4v) is 7.20. The summed E-state index contributed by atoms with van der Waals surface area (Å²) in [5.41, 5.74) is -0.133. The summed E-state index contributed by atoms with van der Waals surface area (Å²) in [4.78, 5) is 0. The molecule has 1 aliphatic heterocycles. The van der Waals surface area contributed by atoms with Crippen molar-refractivity contribution in [1.82, 2.24) is 0 Å². The third kappa shape index (κ3) is 2.61. The lowest BCUT2D eigenvalue weighted by atomic mass is 9.51. The predicted molar refractivity (Wildman–Crippen MR) is 97.4 cm³/mol. The molecule has 3 saturated carbocycles. The van der Waals surface area contributed by atoms with Crippen LogP contribution in [0.1, 0.15) is 65.2 Å². The highest BCUT2D eigenvalue weighted by Gasteiger charge is 2.66. The van der Waals surface area contributed by atoms with Gasteiger partial charge < -0.3 is 24.8 Å². The number of rotatable bonds is 3. The molecule has 3 N–H and O–H groups in total. The van der Waals surface area contributed by atoms with E-state index in [0.29, 0.717) is 13.2 Å². The van der Waals surface area contributed by atoms with Crippen LogP contribution in [-0.4, -0.2) is 53.1 Å². The standard InChI is InChI=1S/C21H36O5/c1-19(7-3-15(23)13-14(19)6-10-22)16-4-8-20(2)17(18(16)24)5-9-21(20)25-11-12-26-21/h14-18,22-24H,3-13H2,1-2H3/t14-,15-,16?,17?,18+,19-,20-/m0/s1. The van der Waals surface area contributed by atoms with Gasteiger partial charge in [-0.1, -0.05) is 13.8 Å². The van der Waals surface area contributed by atoms with E-state index in [9.17, 15) is 15.3 Å². The molecule has 5 heteroatoms. The van der Waals surface area contributed by atoms with Crippen LogP contribution >= 0.6 is 0 Å². The highest BCUT2D eigenvalue weighted by Crippen LogP contribution is 2.64. The van der Waals surface area contributed by atoms with E-state index in [2.05, 4.69) is 13.8 Å². The molecular formula is C21H36O5. The number of hydrogen-bond donors (Lipinski definition) is 3. The van der Waals surface area contributed by atoms with Gasteiger partial charge >= 0.3 is 0 Å². The molecule has 150 valence electrons. The molecule has 0 amide bonds. The summed E-state index contributed by atoms with van der Waals surface area (Å²) in [6.45, 7) is 6.03. The maximum atomic E-state index is 11.5. The quantitative estimate of drug-likeness (QED) is 0.713. The zero-order chi connectivity index (χ0) is 18.6. The van der Waals surface area contributed by atoms with Crippen LogP contribution in [0, 0.1) is 28.6 Å². The van der Waals surface area contributed by atoms with Crippen LogP contribution in [0.5, 0.6) is 0 Å². The molecule has 7 atom stereocenters. The Morgan fingerprint density at radius 3 is 2.31 bits per heavy atom. The molecule has 4 aliphatic rings. The summed E-state index contributed by atoms with van der Waals surface area (Å²) >= 11 is 0. The monoisotopic (exact) mass is 368 g/mol. The molecule has 0 radical (unpaired) electrons. The molecule has 4 rings (SSSR count). The van der Waals surface area contributed by atoms with E-state index in [0.717, 1.165) is 51.4 Å². The van der Waals surface area contributed by atoms with Gasteiger partial charge in [0.2, 0.25) is 0 Å². The molecule has 1 saturated heterocycles. The molecule has 3 aliphatic carbocycles. The fraction of sp³-hybridized carbons (Fsp3) is 1.00. The third-order valence-corrected chi connectivity index (χ3v) is 8.86. The normalized spacial score (nSPS) is 50.9. The zero-order valence-electron chi connectivity index (χ0n) is 16.3. The number of fused-ring (bicyclic) bond motifs is 2. The number of aliphatic hydroxyl groups excluding tert-OH is 3. The maximum absolute atomic E-state index is 11.5. The van der Waals surface area contributed by atoms with Crippen molar-refractivity contribution in [2.24, 2.45) is 28.6 Å². The van der Waals surface area contributed by atoms with Gasteiger partial charge in [-0.3, -0.25) is 0 Å². The van der Waals surface area contributed by atoms with Crippen molar-refractivity contribution in [1.29, 1.82) is 0 Å². The van der Waals surface area contributed by atoms with Gasteiger partial charge in [0.1, 0.15) is 0 Å². The molecule has 5 nitrogen and oxygen atoms in total. The highest BCUT2D eigenvalue weighted by atomic mass is 16.7. The molecule has 0 aromatic heterocycles. The van der Waals surface area contributed by atoms with Crippen LogP contribution in [-0.2, 0) is 9.47 Å². The number of hydrogen-bond acceptors (Lipinski definition) is 5. The van der Waals surface area contributed by atoms with Crippen LogP contribution in [0.15, 0.2) is 0 Å². The van der Waals surface area contributed by atoms with Crippen molar-refractivity contribution < 1.29 is 24.8 Å². The lowest BCUT2D eigenvalue weighted by molar-refractivity contribution is -0.250. The van der Waals surface area contributed by atoms with Gasteiger partial charge in [0, 0.05) is 18.4 Å². The maximum Gasteiger partial charge on any atom is 0.174 e. The van der Waals surface area contributed by atoms with E-state index < -0.39 is 5.79 Å². The first-order chi connectivity index (χ1) is 12.4. The van der Waals surface area contributed by atoms with E-state index >= 15 is 0 Å². The Bertz CT molecular complexity index is 519. The molecule has 1 spiro atoms. The molecule has 0 aromatic rings. The Hall–Kier alpha value is -0.200. The van der Waals surface area contributed by atoms with Crippen LogP contribution in [0.4, 0.5) is 0 Å². The minimum atomic E-state index is -0.488. The molecule has 26 heavy (non-hydrogen) atoms. The largest absolute Gasteiger partial charge is 0.396 e. The summed E-state index contributed by atoms with van der Waals surface area (Å²) in [6, 6.07) is 0. The number of ether oxygens (including phenoxy) is 2. The van der Waals surface area contributed by atoms with Crippen LogP contribution in [0.25, 0.3) is 0 Å². The Morgan fingerprint density at radius 1 is 0.923 bits per heavy atom. The van der Waals surface area contributed by atoms with E-state index in [-0.39, 0.29) is 47.4 Å². The Kier molecular flexibility index (Phi) is 4.93. The van der Waals surface area contributed by atoms with Crippen molar-refractivity contribution in [2.75, 3.05) is 19.8 Å². The van der Waals surface area contributed by atoms with Crippen LogP contribution in [0.3, 0.4) is 0 Å². The van der Waals surface area contributed by atoms with Gasteiger partial charge in [-0.25, -0.2) is 0 Å². The molecular weight excluding hydrogens is 332 g/mol. The van der Waals surface area contributed by atoms with Crippen molar-refractivity contribution >= 4 is 0 Å². The summed E-state index contributed by atoms with van der Waals surface area (Å²) in [5.74, 6) is 0.214. The average molecular weight is 369 g/mol. The minimum absolute atomic E-state index is 0.0180. The van der Waals surface area contributed by atoms with E-state index in [4.69, 9.17) is 9.47 Å². The number of aliphatic hydroxyl groups is 3. The van der Waals surface area contributed by atoms with Gasteiger partial charge in [-0.2, -0.15) is 0 Å². The topological polar surface area (TPSA) is 79.2 Å². The van der Waals surface area contributed by atoms with Crippen LogP contribution < -0.4 is 0 Å². The second kappa shape index (κ2) is 6.70. The molecule has 0 aromatic carbocycles. The molecule has 4 fully saturated rings. The fourth-order valence-electron chi connectivity index (χ4n) is 7.20. The predicted octanol–water partition coefficient (Wildman–Crippen LogP) is 2.47. The average Bonchev–Trinajstić information content (AvgIpc) is 3.19. The Labute approximate surface area is 157 Å². The van der Waals surface area contributed by atoms with Gasteiger partial charge in [-0.05, 0) is 68.1 Å². The van der Waals surface area contributed by atoms with E-state index in [1.807, 2.05) is 0 Å². The summed E-state index contributed by atoms with van der Waals surface area (Å²) in [5, 5.41) is 31.2. The van der Waals surface area contributed by atoms with Crippen molar-refractivity contribution in [3.05, 3.63) is 0 Å². The van der Waals surface area contributed by atoms with Gasteiger partial charge in [0.15, 0.2) is 5.79 Å². The Morgan fingerprint density at radius 2 is 1.62 bits per heavy atom. The van der Waals surface area contributed by atoms with Crippen molar-refractivity contribution in [2.45, 2.75) is 83.2 Å². The molecule has 0 bridgehead atoms. The van der Waals surface area contributed by atoms with Crippen molar-refractivity contribution in [3.63, 3.8) is 0 Å². The summed E-state index contributed by atoms with van der Waals surface area (Å²) in [6.07, 6.45) is 6.41. The SMILES string of the molecule is C[C@]12CCC([C@@]3(C)CC[C@H](O)C[C@@H]3CCO)[C@@H](O)C1CCC21OCCO1. The third-order valence-electron chi connectivity index (χ3n) is 8.86. The van der Waals surface area contributed by atoms with Gasteiger partial charge in [0.05, 0.1) is 25.4 Å². The first kappa shape index (κ1) is 19.1. The summed E-state index contributed by atoms with van der Waals surface area (Å²) in [7, 11) is 0. The minimum Gasteiger partial charge on any atom is -0.396 e.